The van der Waals surface area contributed by atoms with E-state index in [1.807, 2.05) is 42.5 Å². The molecule has 0 aliphatic rings. The number of hydrogen-bond acceptors (Lipinski definition) is 4. The van der Waals surface area contributed by atoms with Crippen molar-refractivity contribution in [2.45, 2.75) is 37.1 Å². The van der Waals surface area contributed by atoms with Crippen LogP contribution in [0.4, 0.5) is 0 Å². The second-order valence-corrected chi connectivity index (χ2v) is 10.5. The minimum absolute atomic E-state index is 0.0864. The van der Waals surface area contributed by atoms with Gasteiger partial charge >= 0.3 is 0 Å². The Bertz CT molecular complexity index is 1250. The predicted molar refractivity (Wildman–Crippen MR) is 138 cm³/mol. The summed E-state index contributed by atoms with van der Waals surface area (Å²) >= 11 is 13.9. The molecular weight excluding hydrogens is 473 g/mol. The zero-order valence-electron chi connectivity index (χ0n) is 19.0. The van der Waals surface area contributed by atoms with Crippen LogP contribution in [0.2, 0.25) is 10.0 Å². The van der Waals surface area contributed by atoms with Gasteiger partial charge in [-0.05, 0) is 52.9 Å². The number of benzene rings is 3. The zero-order valence-corrected chi connectivity index (χ0v) is 21.3. The summed E-state index contributed by atoms with van der Waals surface area (Å²) in [6.07, 6.45) is 0. The van der Waals surface area contributed by atoms with Crippen LogP contribution in [0.1, 0.15) is 31.9 Å². The molecule has 3 aromatic carbocycles. The van der Waals surface area contributed by atoms with Gasteiger partial charge in [0.2, 0.25) is 0 Å². The fourth-order valence-electron chi connectivity index (χ4n) is 3.41. The van der Waals surface area contributed by atoms with Crippen LogP contribution in [-0.2, 0) is 11.2 Å². The molecule has 33 heavy (non-hydrogen) atoms. The number of thioether (sulfide) groups is 1. The Hall–Kier alpha value is -2.47. The predicted octanol–water partition coefficient (Wildman–Crippen LogP) is 7.84. The largest absolute Gasteiger partial charge is 0.497 e. The van der Waals surface area contributed by atoms with Crippen LogP contribution in [0.25, 0.3) is 17.1 Å². The van der Waals surface area contributed by atoms with Crippen molar-refractivity contribution >= 4 is 35.0 Å². The standard InChI is InChI=1S/C26H25Cl2N3OS/c1-26(2,3)19-8-6-18(7-9-19)24-29-30-25(31(24)20-10-12-21(32-4)13-11-20)33-16-17-5-14-22(27)23(28)15-17/h5-15H,16H2,1-4H3. The number of rotatable bonds is 6. The van der Waals surface area contributed by atoms with E-state index in [0.717, 1.165) is 33.5 Å². The summed E-state index contributed by atoms with van der Waals surface area (Å²) in [7, 11) is 1.66. The van der Waals surface area contributed by atoms with Gasteiger partial charge in [0, 0.05) is 17.0 Å². The summed E-state index contributed by atoms with van der Waals surface area (Å²) in [6, 6.07) is 22.1. The van der Waals surface area contributed by atoms with Gasteiger partial charge in [-0.3, -0.25) is 4.57 Å². The number of hydrogen-bond donors (Lipinski definition) is 0. The fraction of sp³-hybridized carbons (Fsp3) is 0.231. The summed E-state index contributed by atoms with van der Waals surface area (Å²) in [6.45, 7) is 6.62. The highest BCUT2D eigenvalue weighted by Gasteiger charge is 2.18. The smallest absolute Gasteiger partial charge is 0.196 e. The topological polar surface area (TPSA) is 39.9 Å². The number of methoxy groups -OCH3 is 1. The Labute approximate surface area is 208 Å². The highest BCUT2D eigenvalue weighted by molar-refractivity contribution is 7.98. The molecule has 0 spiro atoms. The molecule has 4 rings (SSSR count). The number of halogens is 2. The molecule has 0 unspecified atom stereocenters. The van der Waals surface area contributed by atoms with Gasteiger partial charge in [-0.15, -0.1) is 10.2 Å². The average Bonchev–Trinajstić information content (AvgIpc) is 3.23. The van der Waals surface area contributed by atoms with E-state index in [2.05, 4.69) is 59.8 Å². The van der Waals surface area contributed by atoms with E-state index in [1.54, 1.807) is 18.9 Å². The van der Waals surface area contributed by atoms with Gasteiger partial charge in [0.05, 0.1) is 17.2 Å². The van der Waals surface area contributed by atoms with E-state index < -0.39 is 0 Å². The molecule has 0 radical (unpaired) electrons. The van der Waals surface area contributed by atoms with Crippen LogP contribution < -0.4 is 4.74 Å². The molecule has 0 saturated carbocycles. The van der Waals surface area contributed by atoms with Gasteiger partial charge in [-0.1, -0.05) is 86.1 Å². The van der Waals surface area contributed by atoms with Crippen LogP contribution in [0.5, 0.6) is 5.75 Å². The zero-order chi connectivity index (χ0) is 23.6. The van der Waals surface area contributed by atoms with E-state index >= 15 is 0 Å². The van der Waals surface area contributed by atoms with Crippen molar-refractivity contribution in [3.05, 3.63) is 87.9 Å². The van der Waals surface area contributed by atoms with Crippen molar-refractivity contribution in [3.63, 3.8) is 0 Å². The molecule has 1 heterocycles. The van der Waals surface area contributed by atoms with Gasteiger partial charge in [-0.25, -0.2) is 0 Å². The quantitative estimate of drug-likeness (QED) is 0.254. The van der Waals surface area contributed by atoms with Gasteiger partial charge in [0.1, 0.15) is 5.75 Å². The summed E-state index contributed by atoms with van der Waals surface area (Å²) in [5.41, 5.74) is 4.40. The molecular formula is C26H25Cl2N3OS. The molecule has 0 bridgehead atoms. The van der Waals surface area contributed by atoms with Crippen molar-refractivity contribution in [2.75, 3.05) is 7.11 Å². The van der Waals surface area contributed by atoms with Crippen molar-refractivity contribution < 1.29 is 4.74 Å². The van der Waals surface area contributed by atoms with Crippen LogP contribution in [0.15, 0.2) is 71.9 Å². The maximum absolute atomic E-state index is 6.19. The van der Waals surface area contributed by atoms with Crippen LogP contribution in [0.3, 0.4) is 0 Å². The lowest BCUT2D eigenvalue weighted by Gasteiger charge is -2.19. The lowest BCUT2D eigenvalue weighted by atomic mass is 9.87. The highest BCUT2D eigenvalue weighted by Crippen LogP contribution is 2.33. The molecule has 0 fully saturated rings. The fourth-order valence-corrected chi connectivity index (χ4v) is 4.63. The van der Waals surface area contributed by atoms with Gasteiger partial charge in [0.25, 0.3) is 0 Å². The number of nitrogens with zero attached hydrogens (tertiary/aromatic N) is 3. The first-order chi connectivity index (χ1) is 15.8. The molecule has 0 N–H and O–H groups in total. The van der Waals surface area contributed by atoms with E-state index in [-0.39, 0.29) is 5.41 Å². The third kappa shape index (κ3) is 5.37. The van der Waals surface area contributed by atoms with Crippen LogP contribution in [0, 0.1) is 0 Å². The maximum atomic E-state index is 6.19. The maximum Gasteiger partial charge on any atom is 0.196 e. The van der Waals surface area contributed by atoms with E-state index in [4.69, 9.17) is 27.9 Å². The van der Waals surface area contributed by atoms with Crippen molar-refractivity contribution in [2.24, 2.45) is 0 Å². The van der Waals surface area contributed by atoms with E-state index in [9.17, 15) is 0 Å². The van der Waals surface area contributed by atoms with E-state index in [1.165, 1.54) is 5.56 Å². The normalized spacial score (nSPS) is 11.6. The highest BCUT2D eigenvalue weighted by atomic mass is 35.5. The molecule has 4 nitrogen and oxygen atoms in total. The lowest BCUT2D eigenvalue weighted by molar-refractivity contribution is 0.414. The monoisotopic (exact) mass is 497 g/mol. The molecule has 1 aromatic heterocycles. The molecule has 0 atom stereocenters. The minimum atomic E-state index is 0.0864. The first-order valence-electron chi connectivity index (χ1n) is 10.5. The summed E-state index contributed by atoms with van der Waals surface area (Å²) in [5.74, 6) is 2.28. The van der Waals surface area contributed by atoms with Crippen LogP contribution >= 0.6 is 35.0 Å². The summed E-state index contributed by atoms with van der Waals surface area (Å²) < 4.78 is 7.41. The van der Waals surface area contributed by atoms with Crippen molar-refractivity contribution in [1.82, 2.24) is 14.8 Å². The van der Waals surface area contributed by atoms with Crippen LogP contribution in [-0.4, -0.2) is 21.9 Å². The molecule has 7 heteroatoms. The molecule has 0 aliphatic carbocycles. The molecule has 170 valence electrons. The average molecular weight is 498 g/mol. The Kier molecular flexibility index (Phi) is 7.03. The van der Waals surface area contributed by atoms with Crippen molar-refractivity contribution in [3.8, 4) is 22.8 Å². The third-order valence-corrected chi connectivity index (χ3v) is 7.06. The molecule has 0 amide bonds. The molecule has 0 aliphatic heterocycles. The number of ether oxygens (including phenoxy) is 1. The second kappa shape index (κ2) is 9.80. The molecule has 0 saturated heterocycles. The van der Waals surface area contributed by atoms with Gasteiger partial charge < -0.3 is 4.74 Å². The van der Waals surface area contributed by atoms with Gasteiger partial charge in [0.15, 0.2) is 11.0 Å². The first kappa shape index (κ1) is 23.7. The Morgan fingerprint density at radius 3 is 2.18 bits per heavy atom. The summed E-state index contributed by atoms with van der Waals surface area (Å²) in [4.78, 5) is 0. The van der Waals surface area contributed by atoms with Gasteiger partial charge in [-0.2, -0.15) is 0 Å². The second-order valence-electron chi connectivity index (χ2n) is 8.70. The third-order valence-electron chi connectivity index (χ3n) is 5.33. The Balaban J connectivity index is 1.72. The SMILES string of the molecule is COc1ccc(-n2c(SCc3ccc(Cl)c(Cl)c3)nnc2-c2ccc(C(C)(C)C)cc2)cc1. The van der Waals surface area contributed by atoms with Crippen molar-refractivity contribution in [1.29, 1.82) is 0 Å². The minimum Gasteiger partial charge on any atom is -0.497 e. The van der Waals surface area contributed by atoms with E-state index in [0.29, 0.717) is 15.8 Å². The number of aromatic nitrogens is 3. The Morgan fingerprint density at radius 1 is 0.879 bits per heavy atom. The lowest BCUT2D eigenvalue weighted by Crippen LogP contribution is -2.10. The summed E-state index contributed by atoms with van der Waals surface area (Å²) in [5, 5.41) is 11.0. The Morgan fingerprint density at radius 2 is 1.58 bits per heavy atom. The molecule has 4 aromatic rings. The first-order valence-corrected chi connectivity index (χ1v) is 12.3.